The van der Waals surface area contributed by atoms with Crippen molar-refractivity contribution in [1.29, 1.82) is 0 Å². The molecule has 0 N–H and O–H groups in total. The summed E-state index contributed by atoms with van der Waals surface area (Å²) in [5.74, 6) is -1.91. The molecule has 0 fully saturated rings. The van der Waals surface area contributed by atoms with Crippen molar-refractivity contribution in [2.45, 2.75) is 18.2 Å². The highest BCUT2D eigenvalue weighted by molar-refractivity contribution is 9.10. The third-order valence-corrected chi connectivity index (χ3v) is 5.87. The van der Waals surface area contributed by atoms with E-state index in [9.17, 15) is 17.2 Å². The molecule has 0 aliphatic rings. The highest BCUT2D eigenvalue weighted by atomic mass is 79.9. The zero-order valence-electron chi connectivity index (χ0n) is 12.2. The molecule has 0 unspecified atom stereocenters. The Labute approximate surface area is 132 Å². The van der Waals surface area contributed by atoms with E-state index in [2.05, 4.69) is 15.9 Å². The number of hydrogen-bond acceptors (Lipinski definition) is 3. The average Bonchev–Trinajstić information content (AvgIpc) is 2.32. The number of nitrogens with zero attached hydrogens (tertiary/aromatic N) is 2. The van der Waals surface area contributed by atoms with Gasteiger partial charge in [-0.3, -0.25) is 0 Å². The van der Waals surface area contributed by atoms with Crippen LogP contribution in [0.1, 0.15) is 13.3 Å². The molecule has 0 atom stereocenters. The maximum absolute atomic E-state index is 13.9. The van der Waals surface area contributed by atoms with Crippen LogP contribution in [0.4, 0.5) is 8.78 Å². The summed E-state index contributed by atoms with van der Waals surface area (Å²) in [6.45, 7) is 2.90. The van der Waals surface area contributed by atoms with Gasteiger partial charge in [0.05, 0.1) is 0 Å². The van der Waals surface area contributed by atoms with Crippen molar-refractivity contribution in [3.8, 4) is 0 Å². The Morgan fingerprint density at radius 2 is 1.81 bits per heavy atom. The molecule has 0 spiro atoms. The van der Waals surface area contributed by atoms with E-state index in [-0.39, 0.29) is 17.6 Å². The Balaban J connectivity index is 3.08. The van der Waals surface area contributed by atoms with Gasteiger partial charge in [-0.05, 0) is 49.1 Å². The number of hydrogen-bond donors (Lipinski definition) is 0. The molecule has 0 saturated heterocycles. The molecule has 1 aromatic rings. The van der Waals surface area contributed by atoms with E-state index in [1.54, 1.807) is 6.92 Å². The van der Waals surface area contributed by atoms with Crippen LogP contribution in [-0.2, 0) is 10.0 Å². The van der Waals surface area contributed by atoms with E-state index in [0.29, 0.717) is 12.5 Å². The Bertz CT molecular complexity index is 571. The van der Waals surface area contributed by atoms with Gasteiger partial charge in [0.25, 0.3) is 0 Å². The van der Waals surface area contributed by atoms with E-state index in [4.69, 9.17) is 0 Å². The van der Waals surface area contributed by atoms with Gasteiger partial charge in [0, 0.05) is 23.6 Å². The van der Waals surface area contributed by atoms with Gasteiger partial charge in [-0.15, -0.1) is 0 Å². The minimum atomic E-state index is -4.00. The summed E-state index contributed by atoms with van der Waals surface area (Å²) in [6, 6.07) is 1.52. The predicted molar refractivity (Wildman–Crippen MR) is 81.7 cm³/mol. The molecular weight excluding hydrogens is 366 g/mol. The molecular formula is C13H19BrF2N2O2S. The highest BCUT2D eigenvalue weighted by Gasteiger charge is 2.29. The summed E-state index contributed by atoms with van der Waals surface area (Å²) in [4.78, 5) is 1.42. The van der Waals surface area contributed by atoms with Crippen LogP contribution in [0.2, 0.25) is 0 Å². The van der Waals surface area contributed by atoms with Crippen LogP contribution in [-0.4, -0.2) is 51.4 Å². The van der Waals surface area contributed by atoms with Crippen LogP contribution < -0.4 is 0 Å². The van der Waals surface area contributed by atoms with Gasteiger partial charge < -0.3 is 4.90 Å². The average molecular weight is 385 g/mol. The normalized spacial score (nSPS) is 12.4. The molecule has 1 rings (SSSR count). The van der Waals surface area contributed by atoms with Crippen molar-refractivity contribution in [1.82, 2.24) is 9.21 Å². The first-order chi connectivity index (χ1) is 9.70. The Morgan fingerprint density at radius 3 is 2.29 bits per heavy atom. The molecule has 1 aromatic carbocycles. The number of rotatable bonds is 7. The van der Waals surface area contributed by atoms with E-state index in [1.807, 2.05) is 19.0 Å². The second kappa shape index (κ2) is 7.62. The quantitative estimate of drug-likeness (QED) is 0.725. The van der Waals surface area contributed by atoms with Crippen LogP contribution >= 0.6 is 15.9 Å². The maximum Gasteiger partial charge on any atom is 0.247 e. The lowest BCUT2D eigenvalue weighted by Crippen LogP contribution is -2.34. The first-order valence-corrected chi connectivity index (χ1v) is 8.72. The minimum Gasteiger partial charge on any atom is -0.309 e. The number of halogens is 3. The SMILES string of the molecule is CCN(CCCN(C)C)S(=O)(=O)c1c(F)cc(F)cc1Br. The molecule has 0 aromatic heterocycles. The molecule has 21 heavy (non-hydrogen) atoms. The molecule has 0 radical (unpaired) electrons. The van der Waals surface area contributed by atoms with Crippen molar-refractivity contribution in [3.05, 3.63) is 28.2 Å². The van der Waals surface area contributed by atoms with Gasteiger partial charge in [0.15, 0.2) is 0 Å². The zero-order chi connectivity index (χ0) is 16.2. The molecule has 4 nitrogen and oxygen atoms in total. The highest BCUT2D eigenvalue weighted by Crippen LogP contribution is 2.29. The monoisotopic (exact) mass is 384 g/mol. The molecule has 0 saturated carbocycles. The summed E-state index contributed by atoms with van der Waals surface area (Å²) < 4.78 is 53.1. The summed E-state index contributed by atoms with van der Waals surface area (Å²) in [5, 5.41) is 0. The summed E-state index contributed by atoms with van der Waals surface area (Å²) in [7, 11) is -0.221. The van der Waals surface area contributed by atoms with Crippen LogP contribution in [0.25, 0.3) is 0 Å². The Morgan fingerprint density at radius 1 is 1.19 bits per heavy atom. The number of benzene rings is 1. The second-order valence-electron chi connectivity index (χ2n) is 4.85. The first-order valence-electron chi connectivity index (χ1n) is 6.49. The third kappa shape index (κ3) is 4.70. The molecule has 8 heteroatoms. The zero-order valence-corrected chi connectivity index (χ0v) is 14.6. The summed E-state index contributed by atoms with van der Waals surface area (Å²) in [5.41, 5.74) is 0. The predicted octanol–water partition coefficient (Wildman–Crippen LogP) is 2.69. The lowest BCUT2D eigenvalue weighted by Gasteiger charge is -2.22. The van der Waals surface area contributed by atoms with Gasteiger partial charge in [0.1, 0.15) is 16.5 Å². The lowest BCUT2D eigenvalue weighted by molar-refractivity contribution is 0.355. The fourth-order valence-electron chi connectivity index (χ4n) is 1.92. The van der Waals surface area contributed by atoms with Crippen LogP contribution in [0, 0.1) is 11.6 Å². The van der Waals surface area contributed by atoms with Crippen molar-refractivity contribution >= 4 is 26.0 Å². The molecule has 0 aliphatic heterocycles. The molecule has 0 bridgehead atoms. The summed E-state index contributed by atoms with van der Waals surface area (Å²) in [6.07, 6.45) is 0.625. The first kappa shape index (κ1) is 18.5. The van der Waals surface area contributed by atoms with Crippen LogP contribution in [0.5, 0.6) is 0 Å². The summed E-state index contributed by atoms with van der Waals surface area (Å²) >= 11 is 2.93. The van der Waals surface area contributed by atoms with Gasteiger partial charge in [-0.25, -0.2) is 17.2 Å². The molecule has 0 aliphatic carbocycles. The molecule has 0 amide bonds. The van der Waals surface area contributed by atoms with Gasteiger partial charge >= 0.3 is 0 Å². The minimum absolute atomic E-state index is 0.106. The largest absolute Gasteiger partial charge is 0.309 e. The Kier molecular flexibility index (Phi) is 6.71. The van der Waals surface area contributed by atoms with Crippen LogP contribution in [0.3, 0.4) is 0 Å². The fraction of sp³-hybridized carbons (Fsp3) is 0.538. The second-order valence-corrected chi connectivity index (χ2v) is 7.58. The topological polar surface area (TPSA) is 40.6 Å². The number of sulfonamides is 1. The van der Waals surface area contributed by atoms with E-state index < -0.39 is 26.6 Å². The van der Waals surface area contributed by atoms with Crippen molar-refractivity contribution in [2.75, 3.05) is 33.7 Å². The Hall–Kier alpha value is -0.570. The molecule has 0 heterocycles. The lowest BCUT2D eigenvalue weighted by atomic mass is 10.3. The van der Waals surface area contributed by atoms with Gasteiger partial charge in [0.2, 0.25) is 10.0 Å². The van der Waals surface area contributed by atoms with Crippen molar-refractivity contribution < 1.29 is 17.2 Å². The maximum atomic E-state index is 13.9. The van der Waals surface area contributed by atoms with E-state index in [0.717, 1.165) is 12.6 Å². The third-order valence-electron chi connectivity index (χ3n) is 2.93. The van der Waals surface area contributed by atoms with E-state index in [1.165, 1.54) is 4.31 Å². The smallest absolute Gasteiger partial charge is 0.247 e. The standard InChI is InChI=1S/C13H19BrF2N2O2S/c1-4-18(7-5-6-17(2)3)21(19,20)13-11(14)8-10(15)9-12(13)16/h8-9H,4-7H2,1-3H3. The van der Waals surface area contributed by atoms with E-state index >= 15 is 0 Å². The fourth-order valence-corrected chi connectivity index (χ4v) is 4.52. The van der Waals surface area contributed by atoms with Gasteiger partial charge in [-0.2, -0.15) is 4.31 Å². The van der Waals surface area contributed by atoms with Gasteiger partial charge in [-0.1, -0.05) is 6.92 Å². The van der Waals surface area contributed by atoms with Crippen LogP contribution in [0.15, 0.2) is 21.5 Å². The van der Waals surface area contributed by atoms with Crippen molar-refractivity contribution in [2.24, 2.45) is 0 Å². The molecule has 120 valence electrons. The van der Waals surface area contributed by atoms with Crippen molar-refractivity contribution in [3.63, 3.8) is 0 Å².